The summed E-state index contributed by atoms with van der Waals surface area (Å²) < 4.78 is 0. The molecule has 8 nitrogen and oxygen atoms in total. The Kier molecular flexibility index (Phi) is 8.95. The van der Waals surface area contributed by atoms with Crippen molar-refractivity contribution >= 4 is 35.0 Å². The molecule has 2 fully saturated rings. The van der Waals surface area contributed by atoms with Gasteiger partial charge in [0.05, 0.1) is 5.56 Å². The first-order chi connectivity index (χ1) is 21.0. The zero-order valence-corrected chi connectivity index (χ0v) is 24.9. The third kappa shape index (κ3) is 6.55. The van der Waals surface area contributed by atoms with E-state index >= 15 is 0 Å². The molecule has 9 heteroatoms. The van der Waals surface area contributed by atoms with Crippen LogP contribution in [0.3, 0.4) is 0 Å². The summed E-state index contributed by atoms with van der Waals surface area (Å²) in [5.41, 5.74) is 4.57. The van der Waals surface area contributed by atoms with Crippen LogP contribution in [0.15, 0.2) is 72.8 Å². The van der Waals surface area contributed by atoms with E-state index in [9.17, 15) is 14.4 Å². The van der Waals surface area contributed by atoms with Gasteiger partial charge in [0, 0.05) is 62.9 Å². The first-order valence-corrected chi connectivity index (χ1v) is 15.5. The highest BCUT2D eigenvalue weighted by Crippen LogP contribution is 2.27. The van der Waals surface area contributed by atoms with Gasteiger partial charge >= 0.3 is 0 Å². The molecule has 6 rings (SSSR count). The molecule has 1 unspecified atom stereocenters. The molecular formula is C34H37ClN5O3. The number of hydrogen-bond donors (Lipinski definition) is 2. The fraction of sp³-hybridized carbons (Fsp3) is 0.353. The highest BCUT2D eigenvalue weighted by atomic mass is 35.5. The molecule has 43 heavy (non-hydrogen) atoms. The molecule has 1 radical (unpaired) electrons. The molecule has 0 spiro atoms. The molecule has 3 aliphatic heterocycles. The van der Waals surface area contributed by atoms with Crippen molar-refractivity contribution < 1.29 is 14.4 Å². The van der Waals surface area contributed by atoms with Crippen LogP contribution in [0.4, 0.5) is 5.69 Å². The predicted octanol–water partition coefficient (Wildman–Crippen LogP) is 4.00. The number of benzene rings is 3. The van der Waals surface area contributed by atoms with Crippen molar-refractivity contribution in [3.8, 4) is 0 Å². The van der Waals surface area contributed by atoms with E-state index in [0.717, 1.165) is 54.7 Å². The minimum atomic E-state index is -0.736. The Morgan fingerprint density at radius 1 is 0.837 bits per heavy atom. The maximum atomic E-state index is 14.0. The number of nitrogens with zero attached hydrogens (tertiary/aromatic N) is 3. The van der Waals surface area contributed by atoms with Crippen LogP contribution in [0, 0.1) is 6.54 Å². The number of halogens is 1. The van der Waals surface area contributed by atoms with Crippen molar-refractivity contribution in [1.29, 1.82) is 0 Å². The monoisotopic (exact) mass is 598 g/mol. The lowest BCUT2D eigenvalue weighted by atomic mass is 9.93. The summed E-state index contributed by atoms with van der Waals surface area (Å²) in [7, 11) is 0. The van der Waals surface area contributed by atoms with Crippen LogP contribution < -0.4 is 15.5 Å². The summed E-state index contributed by atoms with van der Waals surface area (Å²) in [5.74, 6) is -0.270. The minimum Gasteiger partial charge on any atom is -0.367 e. The first kappa shape index (κ1) is 29.2. The molecule has 2 N–H and O–H groups in total. The maximum absolute atomic E-state index is 14.0. The Morgan fingerprint density at radius 2 is 1.53 bits per heavy atom. The zero-order valence-electron chi connectivity index (χ0n) is 24.2. The lowest BCUT2D eigenvalue weighted by molar-refractivity contribution is -0.137. The van der Waals surface area contributed by atoms with E-state index in [0.29, 0.717) is 43.2 Å². The van der Waals surface area contributed by atoms with E-state index in [1.807, 2.05) is 77.0 Å². The van der Waals surface area contributed by atoms with Crippen LogP contribution in [0.2, 0.25) is 5.02 Å². The lowest BCUT2D eigenvalue weighted by Gasteiger charge is -2.38. The topological polar surface area (TPSA) is 85.0 Å². The number of carbonyl (C=O) groups excluding carboxylic acids is 3. The van der Waals surface area contributed by atoms with E-state index in [4.69, 9.17) is 11.6 Å². The Labute approximate surface area is 258 Å². The maximum Gasteiger partial charge on any atom is 0.255 e. The van der Waals surface area contributed by atoms with Gasteiger partial charge in [-0.3, -0.25) is 19.7 Å². The molecule has 3 aromatic carbocycles. The highest BCUT2D eigenvalue weighted by Gasteiger charge is 2.33. The third-order valence-corrected chi connectivity index (χ3v) is 8.91. The van der Waals surface area contributed by atoms with Crippen LogP contribution in [0.25, 0.3) is 0 Å². The van der Waals surface area contributed by atoms with E-state index in [1.54, 1.807) is 12.1 Å². The molecule has 2 saturated heterocycles. The number of hydrogen-bond acceptors (Lipinski definition) is 5. The number of amides is 3. The predicted molar refractivity (Wildman–Crippen MR) is 168 cm³/mol. The van der Waals surface area contributed by atoms with E-state index in [1.165, 1.54) is 0 Å². The molecule has 0 bridgehead atoms. The van der Waals surface area contributed by atoms with E-state index in [2.05, 4.69) is 15.5 Å². The summed E-state index contributed by atoms with van der Waals surface area (Å²) in [6, 6.07) is 21.7. The molecule has 3 amide bonds. The quantitative estimate of drug-likeness (QED) is 0.430. The van der Waals surface area contributed by atoms with Crippen LogP contribution in [-0.4, -0.2) is 72.8 Å². The fourth-order valence-corrected chi connectivity index (χ4v) is 6.44. The van der Waals surface area contributed by atoms with Crippen molar-refractivity contribution in [3.63, 3.8) is 0 Å². The number of anilines is 1. The summed E-state index contributed by atoms with van der Waals surface area (Å²) in [5, 5.41) is 6.91. The molecular weight excluding hydrogens is 562 g/mol. The van der Waals surface area contributed by atoms with Crippen molar-refractivity contribution in [2.24, 2.45) is 0 Å². The van der Waals surface area contributed by atoms with Gasteiger partial charge in [-0.15, -0.1) is 0 Å². The van der Waals surface area contributed by atoms with Crippen molar-refractivity contribution in [3.05, 3.63) is 107 Å². The van der Waals surface area contributed by atoms with Gasteiger partial charge in [-0.25, -0.2) is 0 Å². The van der Waals surface area contributed by atoms with E-state index in [-0.39, 0.29) is 17.7 Å². The molecule has 223 valence electrons. The summed E-state index contributed by atoms with van der Waals surface area (Å²) in [4.78, 5) is 46.8. The number of nitrogens with one attached hydrogen (secondary N) is 2. The normalized spacial score (nSPS) is 19.1. The standard InChI is InChI=1S/C34H37ClN5O3/c35-26-13-11-24(12-14-26)23-29(37-32(41)31-27-8-2-1-7-25(27)15-16-36-31)34(43)40-21-19-38(20-22-40)30-10-4-3-9-28(30)33(42)39-17-5-6-18-39/h1-4,7-14,16,29,31,36H,5-6,15,17-23H2,(H,37,41)/t29-,31?/m1/s1. The average Bonchev–Trinajstić information content (AvgIpc) is 3.60. The van der Waals surface area contributed by atoms with Gasteiger partial charge in [-0.1, -0.05) is 60.1 Å². The van der Waals surface area contributed by atoms with Gasteiger partial charge in [0.2, 0.25) is 11.8 Å². The number of piperazine rings is 1. The van der Waals surface area contributed by atoms with E-state index < -0.39 is 12.1 Å². The Hall–Kier alpha value is -3.88. The smallest absolute Gasteiger partial charge is 0.255 e. The van der Waals surface area contributed by atoms with Gasteiger partial charge in [0.1, 0.15) is 12.1 Å². The molecule has 2 atom stereocenters. The van der Waals surface area contributed by atoms with Crippen LogP contribution in [-0.2, 0) is 22.4 Å². The molecule has 3 aliphatic rings. The Balaban J connectivity index is 1.16. The van der Waals surface area contributed by atoms with Gasteiger partial charge < -0.3 is 20.0 Å². The molecule has 0 saturated carbocycles. The number of carbonyl (C=O) groups is 3. The summed E-state index contributed by atoms with van der Waals surface area (Å²) >= 11 is 6.11. The van der Waals surface area contributed by atoms with Gasteiger partial charge in [0.25, 0.3) is 5.91 Å². The first-order valence-electron chi connectivity index (χ1n) is 15.1. The van der Waals surface area contributed by atoms with Crippen molar-refractivity contribution in [2.45, 2.75) is 37.8 Å². The number of rotatable bonds is 7. The largest absolute Gasteiger partial charge is 0.367 e. The fourth-order valence-electron chi connectivity index (χ4n) is 6.32. The second-order valence-corrected chi connectivity index (χ2v) is 11.9. The van der Waals surface area contributed by atoms with Crippen molar-refractivity contribution in [2.75, 3.05) is 44.2 Å². The average molecular weight is 599 g/mol. The number of fused-ring (bicyclic) bond motifs is 1. The summed E-state index contributed by atoms with van der Waals surface area (Å²) in [6.07, 6.45) is 3.19. The molecule has 3 heterocycles. The van der Waals surface area contributed by atoms with Crippen LogP contribution in [0.1, 0.15) is 45.9 Å². The Morgan fingerprint density at radius 3 is 2.30 bits per heavy atom. The van der Waals surface area contributed by atoms with Gasteiger partial charge in [-0.05, 0) is 60.2 Å². The second kappa shape index (κ2) is 13.2. The SMILES string of the molecule is O=C(N[C@H](Cc1ccc(Cl)cc1)C(=O)N1CCN(c2ccccc2C(=O)N2CCCC2)CC1)C1N[CH]Cc2ccccc21. The highest BCUT2D eigenvalue weighted by molar-refractivity contribution is 6.30. The molecule has 0 aliphatic carbocycles. The van der Waals surface area contributed by atoms with Crippen LogP contribution >= 0.6 is 11.6 Å². The van der Waals surface area contributed by atoms with Gasteiger partial charge in [-0.2, -0.15) is 0 Å². The zero-order chi connectivity index (χ0) is 29.8. The second-order valence-electron chi connectivity index (χ2n) is 11.4. The number of para-hydroxylation sites is 1. The molecule has 0 aromatic heterocycles. The van der Waals surface area contributed by atoms with Crippen molar-refractivity contribution in [1.82, 2.24) is 20.4 Å². The summed E-state index contributed by atoms with van der Waals surface area (Å²) in [6.45, 7) is 5.70. The third-order valence-electron chi connectivity index (χ3n) is 8.66. The van der Waals surface area contributed by atoms with Crippen LogP contribution in [0.5, 0.6) is 0 Å². The minimum absolute atomic E-state index is 0.0764. The van der Waals surface area contributed by atoms with Gasteiger partial charge in [0.15, 0.2) is 0 Å². The number of likely N-dealkylation sites (tertiary alicyclic amines) is 1. The molecule has 3 aromatic rings. The lowest BCUT2D eigenvalue weighted by Crippen LogP contribution is -2.57. The Bertz CT molecular complexity index is 1460.